The molecule has 0 aliphatic heterocycles. The molecule has 0 N–H and O–H groups in total. The van der Waals surface area contributed by atoms with Gasteiger partial charge >= 0.3 is 0 Å². The predicted molar refractivity (Wildman–Crippen MR) is 110 cm³/mol. The van der Waals surface area contributed by atoms with E-state index in [1.807, 2.05) is 6.08 Å². The molecular weight excluding hydrogens is 300 g/mol. The van der Waals surface area contributed by atoms with Crippen LogP contribution in [0.4, 0.5) is 0 Å². The highest BCUT2D eigenvalue weighted by Crippen LogP contribution is 2.44. The Balaban J connectivity index is 1.45. The Bertz CT molecular complexity index is 495. The summed E-state index contributed by atoms with van der Waals surface area (Å²) in [4.78, 5) is 0. The van der Waals surface area contributed by atoms with Crippen LogP contribution in [0.2, 0.25) is 0 Å². The Hall–Kier alpha value is -1.04. The fourth-order valence-corrected chi connectivity index (χ4v) is 5.51. The Morgan fingerprint density at radius 3 is 2.04 bits per heavy atom. The van der Waals surface area contributed by atoms with Gasteiger partial charge in [0, 0.05) is 0 Å². The molecule has 25 heavy (non-hydrogen) atoms. The van der Waals surface area contributed by atoms with Gasteiger partial charge in [0.25, 0.3) is 0 Å². The SMILES string of the molecule is C=CCCc1ccc(C2CCC(C3CCC(CCC)CC3)CC2)cc1. The predicted octanol–water partition coefficient (Wildman–Crippen LogP) is 7.69. The van der Waals surface area contributed by atoms with Crippen LogP contribution >= 0.6 is 0 Å². The fraction of sp³-hybridized carbons (Fsp3) is 0.680. The standard InChI is InChI=1S/C25H38/c1-3-5-7-21-10-14-23(15-11-21)25-18-16-24(17-19-25)22-12-8-20(6-4-2)9-13-22/h3,10-11,14-15,20,22,24-25H,1,4-9,12-13,16-19H2,2H3. The average molecular weight is 339 g/mol. The third-order valence-electron chi connectivity index (χ3n) is 7.12. The second-order valence-electron chi connectivity index (χ2n) is 8.75. The number of aryl methyl sites for hydroxylation is 1. The van der Waals surface area contributed by atoms with Crippen molar-refractivity contribution in [1.29, 1.82) is 0 Å². The molecule has 2 fully saturated rings. The highest BCUT2D eigenvalue weighted by Gasteiger charge is 2.30. The summed E-state index contributed by atoms with van der Waals surface area (Å²) in [7, 11) is 0. The number of hydrogen-bond acceptors (Lipinski definition) is 0. The molecular formula is C25H38. The van der Waals surface area contributed by atoms with Crippen molar-refractivity contribution in [2.24, 2.45) is 17.8 Å². The smallest absolute Gasteiger partial charge is 0.0162 e. The van der Waals surface area contributed by atoms with Crippen LogP contribution in [0.3, 0.4) is 0 Å². The van der Waals surface area contributed by atoms with E-state index in [9.17, 15) is 0 Å². The maximum Gasteiger partial charge on any atom is -0.0162 e. The van der Waals surface area contributed by atoms with Gasteiger partial charge in [0.15, 0.2) is 0 Å². The van der Waals surface area contributed by atoms with Gasteiger partial charge in [0.1, 0.15) is 0 Å². The van der Waals surface area contributed by atoms with E-state index >= 15 is 0 Å². The third kappa shape index (κ3) is 5.22. The van der Waals surface area contributed by atoms with Crippen LogP contribution in [0, 0.1) is 17.8 Å². The van der Waals surface area contributed by atoms with Crippen LogP contribution in [0.15, 0.2) is 36.9 Å². The van der Waals surface area contributed by atoms with Crippen LogP contribution in [-0.4, -0.2) is 0 Å². The monoisotopic (exact) mass is 338 g/mol. The largest absolute Gasteiger partial charge is 0.103 e. The van der Waals surface area contributed by atoms with Crippen molar-refractivity contribution >= 4 is 0 Å². The van der Waals surface area contributed by atoms with E-state index in [-0.39, 0.29) is 0 Å². The first-order valence-electron chi connectivity index (χ1n) is 11.0. The zero-order valence-corrected chi connectivity index (χ0v) is 16.4. The topological polar surface area (TPSA) is 0 Å². The molecule has 3 rings (SSSR count). The van der Waals surface area contributed by atoms with Gasteiger partial charge in [0.2, 0.25) is 0 Å². The number of rotatable bonds is 7. The van der Waals surface area contributed by atoms with E-state index in [2.05, 4.69) is 37.8 Å². The molecule has 0 saturated heterocycles. The number of hydrogen-bond donors (Lipinski definition) is 0. The van der Waals surface area contributed by atoms with Crippen molar-refractivity contribution in [3.8, 4) is 0 Å². The highest BCUT2D eigenvalue weighted by atomic mass is 14.4. The van der Waals surface area contributed by atoms with Crippen molar-refractivity contribution < 1.29 is 0 Å². The molecule has 0 unspecified atom stereocenters. The molecule has 0 aromatic heterocycles. The summed E-state index contributed by atoms with van der Waals surface area (Å²) in [6.07, 6.45) is 19.0. The van der Waals surface area contributed by atoms with Crippen molar-refractivity contribution in [3.63, 3.8) is 0 Å². The first kappa shape index (κ1) is 18.7. The van der Waals surface area contributed by atoms with E-state index in [0.29, 0.717) is 0 Å². The lowest BCUT2D eigenvalue weighted by Gasteiger charge is -2.38. The molecule has 0 nitrogen and oxygen atoms in total. The molecule has 1 aromatic rings. The molecule has 1 aromatic carbocycles. The average Bonchev–Trinajstić information content (AvgIpc) is 2.68. The van der Waals surface area contributed by atoms with E-state index in [1.54, 1.807) is 5.56 Å². The summed E-state index contributed by atoms with van der Waals surface area (Å²) in [5, 5.41) is 0. The van der Waals surface area contributed by atoms with Crippen LogP contribution in [-0.2, 0) is 6.42 Å². The van der Waals surface area contributed by atoms with Crippen molar-refractivity contribution in [3.05, 3.63) is 48.0 Å². The molecule has 138 valence electrons. The van der Waals surface area contributed by atoms with Crippen LogP contribution < -0.4 is 0 Å². The first-order valence-corrected chi connectivity index (χ1v) is 11.0. The molecule has 2 saturated carbocycles. The number of benzene rings is 1. The van der Waals surface area contributed by atoms with Gasteiger partial charge in [-0.1, -0.05) is 62.9 Å². The summed E-state index contributed by atoms with van der Waals surface area (Å²) < 4.78 is 0. The lowest BCUT2D eigenvalue weighted by atomic mass is 9.68. The van der Waals surface area contributed by atoms with Crippen LogP contribution in [0.25, 0.3) is 0 Å². The lowest BCUT2D eigenvalue weighted by Crippen LogP contribution is -2.25. The molecule has 0 heteroatoms. The molecule has 0 heterocycles. The minimum absolute atomic E-state index is 0.820. The van der Waals surface area contributed by atoms with Gasteiger partial charge in [-0.25, -0.2) is 0 Å². The quantitative estimate of drug-likeness (QED) is 0.447. The second kappa shape index (κ2) is 9.60. The Morgan fingerprint density at radius 1 is 0.880 bits per heavy atom. The molecule has 0 atom stereocenters. The Kier molecular flexibility index (Phi) is 7.20. The zero-order valence-electron chi connectivity index (χ0n) is 16.4. The number of allylic oxidation sites excluding steroid dienone is 1. The van der Waals surface area contributed by atoms with Crippen molar-refractivity contribution in [1.82, 2.24) is 0 Å². The van der Waals surface area contributed by atoms with Crippen LogP contribution in [0.5, 0.6) is 0 Å². The van der Waals surface area contributed by atoms with Crippen molar-refractivity contribution in [2.75, 3.05) is 0 Å². The Labute approximate surface area is 156 Å². The first-order chi connectivity index (χ1) is 12.3. The van der Waals surface area contributed by atoms with Gasteiger partial charge < -0.3 is 0 Å². The van der Waals surface area contributed by atoms with Crippen LogP contribution in [0.1, 0.15) is 94.6 Å². The lowest BCUT2D eigenvalue weighted by molar-refractivity contribution is 0.156. The van der Waals surface area contributed by atoms with Gasteiger partial charge in [-0.05, 0) is 86.2 Å². The third-order valence-corrected chi connectivity index (χ3v) is 7.12. The highest BCUT2D eigenvalue weighted by molar-refractivity contribution is 5.26. The van der Waals surface area contributed by atoms with Gasteiger partial charge in [-0.15, -0.1) is 6.58 Å². The molecule has 2 aliphatic carbocycles. The fourth-order valence-electron chi connectivity index (χ4n) is 5.51. The summed E-state index contributed by atoms with van der Waals surface area (Å²) in [6.45, 7) is 6.17. The van der Waals surface area contributed by atoms with E-state index < -0.39 is 0 Å². The van der Waals surface area contributed by atoms with Gasteiger partial charge in [-0.2, -0.15) is 0 Å². The Morgan fingerprint density at radius 2 is 1.48 bits per heavy atom. The van der Waals surface area contributed by atoms with E-state index in [0.717, 1.165) is 36.5 Å². The minimum atomic E-state index is 0.820. The summed E-state index contributed by atoms with van der Waals surface area (Å²) in [6, 6.07) is 9.50. The van der Waals surface area contributed by atoms with Gasteiger partial charge in [0.05, 0.1) is 0 Å². The zero-order chi connectivity index (χ0) is 17.5. The van der Waals surface area contributed by atoms with E-state index in [4.69, 9.17) is 0 Å². The molecule has 0 spiro atoms. The van der Waals surface area contributed by atoms with E-state index in [1.165, 1.54) is 69.8 Å². The normalized spacial score (nSPS) is 30.1. The summed E-state index contributed by atoms with van der Waals surface area (Å²) in [5.74, 6) is 3.96. The summed E-state index contributed by atoms with van der Waals surface area (Å²) >= 11 is 0. The minimum Gasteiger partial charge on any atom is -0.103 e. The molecule has 0 radical (unpaired) electrons. The molecule has 2 aliphatic rings. The summed E-state index contributed by atoms with van der Waals surface area (Å²) in [5.41, 5.74) is 3.05. The second-order valence-corrected chi connectivity index (χ2v) is 8.75. The molecule has 0 amide bonds. The van der Waals surface area contributed by atoms with Crippen molar-refractivity contribution in [2.45, 2.75) is 89.9 Å². The van der Waals surface area contributed by atoms with Gasteiger partial charge in [-0.3, -0.25) is 0 Å². The molecule has 0 bridgehead atoms. The maximum absolute atomic E-state index is 3.83. The maximum atomic E-state index is 3.83.